The third-order valence-electron chi connectivity index (χ3n) is 4.67. The van der Waals surface area contributed by atoms with Crippen molar-refractivity contribution in [2.24, 2.45) is 5.92 Å². The molecule has 0 amide bonds. The normalized spacial score (nSPS) is 12.9. The highest BCUT2D eigenvalue weighted by atomic mass is 32.2. The van der Waals surface area contributed by atoms with Crippen molar-refractivity contribution in [3.05, 3.63) is 70.5 Å². The zero-order chi connectivity index (χ0) is 21.0. The zero-order valence-electron chi connectivity index (χ0n) is 16.1. The van der Waals surface area contributed by atoms with Gasteiger partial charge in [-0.05, 0) is 31.5 Å². The van der Waals surface area contributed by atoms with Crippen molar-refractivity contribution in [3.63, 3.8) is 0 Å². The molecule has 0 radical (unpaired) electrons. The molecule has 0 fully saturated rings. The first kappa shape index (κ1) is 20.5. The molecule has 0 bridgehead atoms. The van der Waals surface area contributed by atoms with E-state index in [-0.39, 0.29) is 28.8 Å². The van der Waals surface area contributed by atoms with Crippen LogP contribution in [-0.4, -0.2) is 26.8 Å². The Labute approximate surface area is 172 Å². The molecule has 0 saturated carbocycles. The Morgan fingerprint density at radius 2 is 1.86 bits per heavy atom. The Morgan fingerprint density at radius 3 is 2.52 bits per heavy atom. The summed E-state index contributed by atoms with van der Waals surface area (Å²) in [4.78, 5) is 30.3. The van der Waals surface area contributed by atoms with Crippen molar-refractivity contribution in [2.75, 3.05) is 5.75 Å². The second-order valence-electron chi connectivity index (χ2n) is 6.67. The third-order valence-corrected chi connectivity index (χ3v) is 5.65. The number of ketones is 1. The summed E-state index contributed by atoms with van der Waals surface area (Å²) >= 11 is 1.12. The Hall–Kier alpha value is -3.24. The number of aromatic nitrogens is 2. The zero-order valence-corrected chi connectivity index (χ0v) is 16.9. The molecule has 0 spiro atoms. The van der Waals surface area contributed by atoms with Gasteiger partial charge in [0.15, 0.2) is 10.9 Å². The number of hydrogen-bond acceptors (Lipinski definition) is 6. The lowest BCUT2D eigenvalue weighted by molar-refractivity contribution is -0.117. The molecule has 29 heavy (non-hydrogen) atoms. The van der Waals surface area contributed by atoms with Gasteiger partial charge in [-0.1, -0.05) is 54.2 Å². The summed E-state index contributed by atoms with van der Waals surface area (Å²) in [5.74, 6) is -1.48. The summed E-state index contributed by atoms with van der Waals surface area (Å²) in [7, 11) is 0. The van der Waals surface area contributed by atoms with Gasteiger partial charge in [0.1, 0.15) is 5.92 Å². The number of nitrogens with one attached hydrogen (secondary N) is 1. The summed E-state index contributed by atoms with van der Waals surface area (Å²) in [5.41, 5.74) is 1.34. The first-order valence-electron chi connectivity index (χ1n) is 9.10. The van der Waals surface area contributed by atoms with E-state index in [1.165, 1.54) is 6.92 Å². The van der Waals surface area contributed by atoms with Crippen molar-refractivity contribution < 1.29 is 4.79 Å². The van der Waals surface area contributed by atoms with Crippen LogP contribution in [0.4, 0.5) is 0 Å². The summed E-state index contributed by atoms with van der Waals surface area (Å²) in [5, 5.41) is 17.7. The monoisotopic (exact) mass is 404 g/mol. The number of benzene rings is 2. The smallest absolute Gasteiger partial charge is 0.262 e. The van der Waals surface area contributed by atoms with Gasteiger partial charge in [0, 0.05) is 5.71 Å². The summed E-state index contributed by atoms with van der Waals surface area (Å²) < 4.78 is 1.59. The molecule has 7 heteroatoms. The van der Waals surface area contributed by atoms with Crippen molar-refractivity contribution in [2.45, 2.75) is 25.0 Å². The number of hydrogen-bond donors (Lipinski definition) is 1. The second kappa shape index (κ2) is 8.84. The molecule has 0 saturated heterocycles. The van der Waals surface area contributed by atoms with Crippen LogP contribution in [-0.2, 0) is 4.79 Å². The number of carbonyl (C=O) groups is 1. The molecule has 3 rings (SSSR count). The van der Waals surface area contributed by atoms with Crippen molar-refractivity contribution in [3.8, 4) is 6.07 Å². The molecular weight excluding hydrogens is 384 g/mol. The van der Waals surface area contributed by atoms with Gasteiger partial charge in [0.2, 0.25) is 0 Å². The second-order valence-corrected chi connectivity index (χ2v) is 7.62. The molecule has 1 aromatic heterocycles. The van der Waals surface area contributed by atoms with Gasteiger partial charge in [-0.25, -0.2) is 4.98 Å². The van der Waals surface area contributed by atoms with Gasteiger partial charge >= 0.3 is 0 Å². The maximum absolute atomic E-state index is 13.2. The van der Waals surface area contributed by atoms with Crippen LogP contribution in [0.5, 0.6) is 0 Å². The highest BCUT2D eigenvalue weighted by molar-refractivity contribution is 7.99. The van der Waals surface area contributed by atoms with Gasteiger partial charge < -0.3 is 5.41 Å². The van der Waals surface area contributed by atoms with Gasteiger partial charge in [-0.15, -0.1) is 0 Å². The van der Waals surface area contributed by atoms with Crippen LogP contribution < -0.4 is 5.56 Å². The molecule has 1 heterocycles. The molecule has 2 atom stereocenters. The van der Waals surface area contributed by atoms with E-state index in [0.29, 0.717) is 16.1 Å². The van der Waals surface area contributed by atoms with E-state index in [1.54, 1.807) is 22.8 Å². The Morgan fingerprint density at radius 1 is 1.21 bits per heavy atom. The Bertz CT molecular complexity index is 1160. The minimum Gasteiger partial charge on any atom is -0.308 e. The van der Waals surface area contributed by atoms with Gasteiger partial charge in [0.05, 0.1) is 28.8 Å². The van der Waals surface area contributed by atoms with E-state index >= 15 is 0 Å². The molecule has 6 nitrogen and oxygen atoms in total. The van der Waals surface area contributed by atoms with Gasteiger partial charge in [0.25, 0.3) is 5.56 Å². The molecular formula is C22H20N4O2S. The third kappa shape index (κ3) is 4.28. The molecule has 0 aliphatic heterocycles. The minimum absolute atomic E-state index is 0.0135. The summed E-state index contributed by atoms with van der Waals surface area (Å²) in [6.07, 6.45) is 0. The maximum atomic E-state index is 13.2. The standard InChI is InChI=1S/C22H20N4O2S/c1-14(24)18(12-23)20(27)13-29-22-25-19-11-7-6-10-17(19)21(28)26(22)15(2)16-8-4-3-5-9-16/h3-11,15,18,24H,13H2,1-2H3/t15-,18-/m1/s1. The van der Waals surface area contributed by atoms with Crippen LogP contribution in [0.3, 0.4) is 0 Å². The van der Waals surface area contributed by atoms with E-state index < -0.39 is 5.92 Å². The van der Waals surface area contributed by atoms with Crippen LogP contribution in [0.1, 0.15) is 25.5 Å². The first-order chi connectivity index (χ1) is 13.9. The number of rotatable bonds is 7. The summed E-state index contributed by atoms with van der Waals surface area (Å²) in [6.45, 7) is 3.36. The molecule has 1 N–H and O–H groups in total. The van der Waals surface area contributed by atoms with Crippen LogP contribution in [0.25, 0.3) is 10.9 Å². The number of nitriles is 1. The molecule has 0 unspecified atom stereocenters. The van der Waals surface area contributed by atoms with Crippen LogP contribution in [0.15, 0.2) is 64.5 Å². The average molecular weight is 404 g/mol. The highest BCUT2D eigenvalue weighted by Crippen LogP contribution is 2.25. The predicted molar refractivity (Wildman–Crippen MR) is 114 cm³/mol. The van der Waals surface area contributed by atoms with Gasteiger partial charge in [-0.3, -0.25) is 14.2 Å². The lowest BCUT2D eigenvalue weighted by Crippen LogP contribution is -2.28. The van der Waals surface area contributed by atoms with Crippen molar-refractivity contribution in [1.29, 1.82) is 10.7 Å². The quantitative estimate of drug-likeness (QED) is 0.366. The number of Topliss-reactive ketones (excluding diaryl/α,β-unsaturated/α-hetero) is 1. The largest absolute Gasteiger partial charge is 0.308 e. The topological polar surface area (TPSA) is 99.6 Å². The SMILES string of the molecule is CC(=N)[C@@H](C#N)C(=O)CSc1nc2ccccc2c(=O)n1[C@H](C)c1ccccc1. The maximum Gasteiger partial charge on any atom is 0.262 e. The fourth-order valence-electron chi connectivity index (χ4n) is 3.08. The van der Waals surface area contributed by atoms with Crippen LogP contribution in [0.2, 0.25) is 0 Å². The number of para-hydroxylation sites is 1. The first-order valence-corrected chi connectivity index (χ1v) is 10.1. The van der Waals surface area contributed by atoms with Crippen LogP contribution in [0, 0.1) is 22.7 Å². The number of nitrogens with zero attached hydrogens (tertiary/aromatic N) is 3. The molecule has 3 aromatic rings. The Balaban J connectivity index is 2.06. The number of fused-ring (bicyclic) bond motifs is 1. The molecule has 0 aliphatic rings. The Kier molecular flexibility index (Phi) is 6.25. The summed E-state index contributed by atoms with van der Waals surface area (Å²) in [6, 6.07) is 18.3. The fourth-order valence-corrected chi connectivity index (χ4v) is 4.06. The minimum atomic E-state index is -1.07. The lowest BCUT2D eigenvalue weighted by atomic mass is 10.0. The van der Waals surface area contributed by atoms with E-state index in [0.717, 1.165) is 17.3 Å². The van der Waals surface area contributed by atoms with E-state index in [9.17, 15) is 9.59 Å². The predicted octanol–water partition coefficient (Wildman–Crippen LogP) is 3.85. The van der Waals surface area contributed by atoms with Crippen molar-refractivity contribution >= 4 is 34.2 Å². The van der Waals surface area contributed by atoms with Crippen molar-refractivity contribution in [1.82, 2.24) is 9.55 Å². The highest BCUT2D eigenvalue weighted by Gasteiger charge is 2.23. The number of carbonyl (C=O) groups excluding carboxylic acids is 1. The van der Waals surface area contributed by atoms with Gasteiger partial charge in [-0.2, -0.15) is 5.26 Å². The average Bonchev–Trinajstić information content (AvgIpc) is 2.73. The molecule has 0 aliphatic carbocycles. The fraction of sp³-hybridized carbons (Fsp3) is 0.227. The lowest BCUT2D eigenvalue weighted by Gasteiger charge is -2.20. The van der Waals surface area contributed by atoms with Crippen LogP contribution >= 0.6 is 11.8 Å². The van der Waals surface area contributed by atoms with E-state index in [4.69, 9.17) is 10.7 Å². The number of thioether (sulfide) groups is 1. The van der Waals surface area contributed by atoms with E-state index in [2.05, 4.69) is 4.98 Å². The molecule has 146 valence electrons. The molecule has 2 aromatic carbocycles. The van der Waals surface area contributed by atoms with E-state index in [1.807, 2.05) is 49.4 Å².